The number of rotatable bonds is 5. The van der Waals surface area contributed by atoms with Gasteiger partial charge < -0.3 is 10.2 Å². The van der Waals surface area contributed by atoms with Gasteiger partial charge in [-0.3, -0.25) is 9.78 Å². The van der Waals surface area contributed by atoms with Crippen molar-refractivity contribution in [3.63, 3.8) is 0 Å². The fraction of sp³-hybridized carbons (Fsp3) is 0.520. The monoisotopic (exact) mass is 447 g/mol. The first-order chi connectivity index (χ1) is 15.0. The van der Waals surface area contributed by atoms with Crippen molar-refractivity contribution in [1.82, 2.24) is 10.3 Å². The molecule has 32 heavy (non-hydrogen) atoms. The van der Waals surface area contributed by atoms with Gasteiger partial charge in [-0.2, -0.15) is 13.2 Å². The quantitative estimate of drug-likeness (QED) is 0.609. The first-order valence-electron chi connectivity index (χ1n) is 11.1. The highest BCUT2D eigenvalue weighted by Crippen LogP contribution is 2.37. The van der Waals surface area contributed by atoms with Crippen LogP contribution in [0.15, 0.2) is 42.7 Å². The summed E-state index contributed by atoms with van der Waals surface area (Å²) in [7, 11) is 1.66. The molecule has 0 radical (unpaired) electrons. The number of hydrogen-bond acceptors (Lipinski definition) is 3. The van der Waals surface area contributed by atoms with E-state index in [0.29, 0.717) is 5.69 Å². The number of likely N-dealkylation sites (N-methyl/N-ethyl adjacent to an activating group) is 1. The number of carbonyl (C=O) groups is 1. The highest BCUT2D eigenvalue weighted by molar-refractivity contribution is 5.87. The average Bonchev–Trinajstić information content (AvgIpc) is 2.73. The van der Waals surface area contributed by atoms with Crippen molar-refractivity contribution >= 4 is 11.6 Å². The Bertz CT molecular complexity index is 913. The summed E-state index contributed by atoms with van der Waals surface area (Å²) in [6, 6.07) is 7.39. The van der Waals surface area contributed by atoms with Crippen LogP contribution >= 0.6 is 0 Å². The second-order valence-corrected chi connectivity index (χ2v) is 9.61. The molecule has 1 heterocycles. The van der Waals surface area contributed by atoms with Crippen LogP contribution in [0.1, 0.15) is 75.6 Å². The predicted octanol–water partition coefficient (Wildman–Crippen LogP) is 6.02. The fourth-order valence-corrected chi connectivity index (χ4v) is 4.28. The normalized spacial score (nSPS) is 16.5. The van der Waals surface area contributed by atoms with E-state index in [9.17, 15) is 18.0 Å². The predicted molar refractivity (Wildman–Crippen MR) is 121 cm³/mol. The van der Waals surface area contributed by atoms with Crippen LogP contribution in [0.25, 0.3) is 0 Å². The molecule has 3 rings (SSSR count). The minimum Gasteiger partial charge on any atom is -0.359 e. The van der Waals surface area contributed by atoms with E-state index in [1.165, 1.54) is 0 Å². The maximum atomic E-state index is 13.8. The summed E-state index contributed by atoms with van der Waals surface area (Å²) in [6.07, 6.45) is 2.54. The Balaban J connectivity index is 1.99. The van der Waals surface area contributed by atoms with E-state index in [1.54, 1.807) is 11.9 Å². The first kappa shape index (κ1) is 24.1. The zero-order valence-corrected chi connectivity index (χ0v) is 19.2. The molecule has 4 nitrogen and oxygen atoms in total. The van der Waals surface area contributed by atoms with Gasteiger partial charge >= 0.3 is 6.18 Å². The second kappa shape index (κ2) is 9.51. The van der Waals surface area contributed by atoms with Crippen LogP contribution < -0.4 is 10.2 Å². The summed E-state index contributed by atoms with van der Waals surface area (Å²) in [4.78, 5) is 18.9. The van der Waals surface area contributed by atoms with Crippen LogP contribution in [0.2, 0.25) is 0 Å². The van der Waals surface area contributed by atoms with E-state index < -0.39 is 23.7 Å². The van der Waals surface area contributed by atoms with Crippen LogP contribution in [-0.4, -0.2) is 24.0 Å². The fourth-order valence-electron chi connectivity index (χ4n) is 4.28. The molecule has 1 atom stereocenters. The largest absolute Gasteiger partial charge is 0.416 e. The third kappa shape index (κ3) is 5.61. The number of pyridine rings is 1. The van der Waals surface area contributed by atoms with E-state index in [4.69, 9.17) is 0 Å². The smallest absolute Gasteiger partial charge is 0.359 e. The van der Waals surface area contributed by atoms with E-state index >= 15 is 0 Å². The molecule has 0 aliphatic heterocycles. The molecule has 1 saturated carbocycles. The number of amides is 1. The molecular formula is C25H32F3N3O. The van der Waals surface area contributed by atoms with Gasteiger partial charge in [-0.1, -0.05) is 52.2 Å². The van der Waals surface area contributed by atoms with E-state index in [2.05, 4.69) is 31.1 Å². The average molecular weight is 448 g/mol. The topological polar surface area (TPSA) is 45.2 Å². The lowest BCUT2D eigenvalue weighted by molar-refractivity contribution is -0.138. The Kier molecular flexibility index (Phi) is 7.16. The molecule has 1 unspecified atom stereocenters. The molecule has 1 aromatic carbocycles. The third-order valence-electron chi connectivity index (χ3n) is 6.18. The van der Waals surface area contributed by atoms with Gasteiger partial charge in [0.2, 0.25) is 5.91 Å². The van der Waals surface area contributed by atoms with Crippen molar-refractivity contribution < 1.29 is 18.0 Å². The van der Waals surface area contributed by atoms with E-state index in [0.717, 1.165) is 56.1 Å². The Morgan fingerprint density at radius 1 is 1.06 bits per heavy atom. The maximum absolute atomic E-state index is 13.8. The van der Waals surface area contributed by atoms with Crippen molar-refractivity contribution in [2.75, 3.05) is 11.9 Å². The van der Waals surface area contributed by atoms with Gasteiger partial charge in [0, 0.05) is 36.7 Å². The molecule has 0 bridgehead atoms. The van der Waals surface area contributed by atoms with E-state index in [1.807, 2.05) is 24.3 Å². The van der Waals surface area contributed by atoms with Gasteiger partial charge in [-0.25, -0.2) is 0 Å². The number of nitrogens with one attached hydrogen (secondary N) is 1. The highest BCUT2D eigenvalue weighted by atomic mass is 19.4. The number of carbonyl (C=O) groups excluding carboxylic acids is 1. The van der Waals surface area contributed by atoms with Crippen molar-refractivity contribution in [3.8, 4) is 0 Å². The summed E-state index contributed by atoms with van der Waals surface area (Å²) < 4.78 is 41.4. The van der Waals surface area contributed by atoms with Gasteiger partial charge in [-0.05, 0) is 42.0 Å². The third-order valence-corrected chi connectivity index (χ3v) is 6.18. The Morgan fingerprint density at radius 3 is 2.25 bits per heavy atom. The van der Waals surface area contributed by atoms with Crippen molar-refractivity contribution in [2.45, 2.75) is 76.6 Å². The zero-order chi connectivity index (χ0) is 23.5. The van der Waals surface area contributed by atoms with Gasteiger partial charge in [0.05, 0.1) is 5.56 Å². The van der Waals surface area contributed by atoms with Crippen LogP contribution in [0, 0.1) is 0 Å². The van der Waals surface area contributed by atoms with Crippen molar-refractivity contribution in [3.05, 3.63) is 59.4 Å². The van der Waals surface area contributed by atoms with Crippen molar-refractivity contribution in [1.29, 1.82) is 0 Å². The number of aromatic nitrogens is 1. The molecule has 7 heteroatoms. The highest BCUT2D eigenvalue weighted by Gasteiger charge is 2.39. The van der Waals surface area contributed by atoms with Gasteiger partial charge in [0.1, 0.15) is 6.04 Å². The number of hydrogen-bond donors (Lipinski definition) is 1. The van der Waals surface area contributed by atoms with Crippen molar-refractivity contribution in [2.24, 2.45) is 0 Å². The Hall–Kier alpha value is -2.57. The lowest BCUT2D eigenvalue weighted by atomic mass is 9.87. The molecule has 1 N–H and O–H groups in total. The molecule has 2 aromatic rings. The summed E-state index contributed by atoms with van der Waals surface area (Å²) in [6.45, 7) is 6.28. The summed E-state index contributed by atoms with van der Waals surface area (Å²) >= 11 is 0. The molecule has 1 aromatic heterocycles. The number of anilines is 1. The van der Waals surface area contributed by atoms with Gasteiger partial charge in [0.25, 0.3) is 0 Å². The molecule has 0 spiro atoms. The zero-order valence-electron chi connectivity index (χ0n) is 19.2. The number of nitrogens with zero attached hydrogens (tertiary/aromatic N) is 2. The standard InChI is InChI=1S/C25H32F3N3O/c1-24(2,3)17-10-12-19(13-11-17)31(4)22(23(32)30-18-8-6-5-7-9-18)20-16-29-15-14-21(20)25(26,27)28/h10-16,18,22H,5-9H2,1-4H3,(H,30,32). The maximum Gasteiger partial charge on any atom is 0.416 e. The molecular weight excluding hydrogens is 415 g/mol. The Labute approximate surface area is 188 Å². The molecule has 1 fully saturated rings. The number of alkyl halides is 3. The molecule has 174 valence electrons. The number of halogens is 3. The van der Waals surface area contributed by atoms with Crippen LogP contribution in [-0.2, 0) is 16.4 Å². The van der Waals surface area contributed by atoms with Crippen LogP contribution in [0.3, 0.4) is 0 Å². The van der Waals surface area contributed by atoms with Gasteiger partial charge in [-0.15, -0.1) is 0 Å². The molecule has 1 amide bonds. The first-order valence-corrected chi connectivity index (χ1v) is 11.1. The van der Waals surface area contributed by atoms with Gasteiger partial charge in [0.15, 0.2) is 0 Å². The molecule has 1 aliphatic rings. The lowest BCUT2D eigenvalue weighted by Gasteiger charge is -2.33. The molecule has 1 aliphatic carbocycles. The number of benzene rings is 1. The second-order valence-electron chi connectivity index (χ2n) is 9.61. The van der Waals surface area contributed by atoms with Crippen LogP contribution in [0.4, 0.5) is 18.9 Å². The SMILES string of the molecule is CN(c1ccc(C(C)(C)C)cc1)C(C(=O)NC1CCCCC1)c1cnccc1C(F)(F)F. The van der Waals surface area contributed by atoms with E-state index in [-0.39, 0.29) is 17.0 Å². The summed E-state index contributed by atoms with van der Waals surface area (Å²) in [5, 5.41) is 3.01. The summed E-state index contributed by atoms with van der Waals surface area (Å²) in [5.74, 6) is -0.433. The summed E-state index contributed by atoms with van der Waals surface area (Å²) in [5.41, 5.74) is 0.737. The molecule has 0 saturated heterocycles. The lowest BCUT2D eigenvalue weighted by Crippen LogP contribution is -2.44. The minimum atomic E-state index is -4.58. The van der Waals surface area contributed by atoms with Crippen LogP contribution in [0.5, 0.6) is 0 Å². The minimum absolute atomic E-state index is 0.0126. The Morgan fingerprint density at radius 2 is 1.69 bits per heavy atom.